The first-order valence-electron chi connectivity index (χ1n) is 11.8. The maximum absolute atomic E-state index is 12.9. The lowest BCUT2D eigenvalue weighted by atomic mass is 9.81. The third-order valence-corrected chi connectivity index (χ3v) is 6.48. The highest BCUT2D eigenvalue weighted by Gasteiger charge is 2.52. The summed E-state index contributed by atoms with van der Waals surface area (Å²) in [7, 11) is -0.508. The fourth-order valence-electron chi connectivity index (χ4n) is 3.86. The van der Waals surface area contributed by atoms with Gasteiger partial charge in [-0.05, 0) is 62.3 Å². The van der Waals surface area contributed by atoms with E-state index in [4.69, 9.17) is 14.0 Å². The lowest BCUT2D eigenvalue weighted by Gasteiger charge is -2.40. The van der Waals surface area contributed by atoms with Crippen LogP contribution in [0.2, 0.25) is 0 Å². The van der Waals surface area contributed by atoms with E-state index in [1.165, 1.54) is 0 Å². The van der Waals surface area contributed by atoms with E-state index < -0.39 is 36.1 Å². The van der Waals surface area contributed by atoms with E-state index in [1.54, 1.807) is 45.0 Å². The minimum absolute atomic E-state index is 0.0736. The van der Waals surface area contributed by atoms with E-state index in [1.807, 2.05) is 34.6 Å². The number of anilines is 1. The van der Waals surface area contributed by atoms with Crippen molar-refractivity contribution >= 4 is 30.5 Å². The van der Waals surface area contributed by atoms with Crippen molar-refractivity contribution in [3.05, 3.63) is 12.4 Å². The van der Waals surface area contributed by atoms with Crippen LogP contribution in [0, 0.1) is 0 Å². The van der Waals surface area contributed by atoms with Crippen molar-refractivity contribution in [1.82, 2.24) is 20.2 Å². The molecule has 0 radical (unpaired) electrons. The van der Waals surface area contributed by atoms with Gasteiger partial charge in [-0.15, -0.1) is 0 Å². The molecule has 11 heteroatoms. The first-order chi connectivity index (χ1) is 15.6. The highest BCUT2D eigenvalue weighted by molar-refractivity contribution is 6.61. The van der Waals surface area contributed by atoms with Gasteiger partial charge in [-0.25, -0.2) is 14.8 Å². The van der Waals surface area contributed by atoms with E-state index in [0.29, 0.717) is 25.6 Å². The van der Waals surface area contributed by atoms with Crippen molar-refractivity contribution < 1.29 is 23.6 Å². The van der Waals surface area contributed by atoms with Gasteiger partial charge < -0.3 is 29.2 Å². The molecule has 2 fully saturated rings. The van der Waals surface area contributed by atoms with Crippen LogP contribution >= 0.6 is 0 Å². The summed E-state index contributed by atoms with van der Waals surface area (Å²) >= 11 is 0. The van der Waals surface area contributed by atoms with Crippen molar-refractivity contribution in [2.75, 3.05) is 24.5 Å². The van der Waals surface area contributed by atoms with Crippen LogP contribution in [0.1, 0.15) is 62.3 Å². The molecule has 2 atom stereocenters. The zero-order valence-corrected chi connectivity index (χ0v) is 21.8. The molecule has 2 aliphatic rings. The van der Waals surface area contributed by atoms with Crippen molar-refractivity contribution in [2.45, 2.75) is 91.2 Å². The largest absolute Gasteiger partial charge is 0.498 e. The maximum Gasteiger partial charge on any atom is 0.498 e. The molecule has 1 aromatic rings. The quantitative estimate of drug-likeness (QED) is 0.657. The molecule has 2 aliphatic heterocycles. The summed E-state index contributed by atoms with van der Waals surface area (Å²) in [4.78, 5) is 37.8. The number of carbonyl (C=O) groups excluding carboxylic acids is 2. The predicted molar refractivity (Wildman–Crippen MR) is 130 cm³/mol. The van der Waals surface area contributed by atoms with Gasteiger partial charge in [0.15, 0.2) is 0 Å². The molecule has 2 saturated heterocycles. The number of piperazine rings is 1. The molecule has 0 spiro atoms. The number of nitrogens with zero attached hydrogens (tertiary/aromatic N) is 4. The topological polar surface area (TPSA) is 106 Å². The molecule has 188 valence electrons. The summed E-state index contributed by atoms with van der Waals surface area (Å²) in [5.41, 5.74) is -0.705. The second-order valence-electron chi connectivity index (χ2n) is 11.1. The Morgan fingerprint density at radius 3 is 2.21 bits per heavy atom. The maximum atomic E-state index is 12.9. The zero-order chi connectivity index (χ0) is 25.5. The minimum Gasteiger partial charge on any atom is -0.444 e. The van der Waals surface area contributed by atoms with Crippen LogP contribution in [0.5, 0.6) is 0 Å². The van der Waals surface area contributed by atoms with Crippen LogP contribution in [0.4, 0.5) is 10.7 Å². The van der Waals surface area contributed by atoms with Gasteiger partial charge in [0.2, 0.25) is 11.9 Å². The summed E-state index contributed by atoms with van der Waals surface area (Å²) in [6.07, 6.45) is 2.87. The number of hydrogen-bond donors (Lipinski definition) is 1. The Balaban J connectivity index is 1.57. The summed E-state index contributed by atoms with van der Waals surface area (Å²) in [5.74, 6) is 0.453. The number of rotatable bonds is 4. The van der Waals surface area contributed by atoms with Crippen LogP contribution < -0.4 is 15.7 Å². The van der Waals surface area contributed by atoms with Gasteiger partial charge in [0.25, 0.3) is 0 Å². The number of amides is 2. The van der Waals surface area contributed by atoms with E-state index in [2.05, 4.69) is 20.2 Å². The molecule has 0 saturated carbocycles. The Labute approximate surface area is 202 Å². The summed E-state index contributed by atoms with van der Waals surface area (Å²) in [5, 5.41) is 2.63. The fraction of sp³-hybridized carbons (Fsp3) is 0.739. The molecule has 2 amide bonds. The smallest absolute Gasteiger partial charge is 0.444 e. The van der Waals surface area contributed by atoms with E-state index in [0.717, 1.165) is 5.46 Å². The molecule has 1 N–H and O–H groups in total. The number of nitrogens with one attached hydrogen (secondary N) is 1. The lowest BCUT2D eigenvalue weighted by Crippen LogP contribution is -2.58. The Hall–Kier alpha value is -2.40. The number of aromatic nitrogens is 2. The van der Waals surface area contributed by atoms with Crippen LogP contribution in [0.25, 0.3) is 0 Å². The van der Waals surface area contributed by atoms with Gasteiger partial charge in [0, 0.05) is 43.5 Å². The van der Waals surface area contributed by atoms with Crippen LogP contribution in [-0.4, -0.2) is 82.5 Å². The highest BCUT2D eigenvalue weighted by Crippen LogP contribution is 2.36. The number of ether oxygens (including phenoxy) is 1. The summed E-state index contributed by atoms with van der Waals surface area (Å²) in [6, 6.07) is -0.755. The molecule has 0 bridgehead atoms. The Morgan fingerprint density at radius 2 is 1.71 bits per heavy atom. The average Bonchev–Trinajstić information content (AvgIpc) is 2.93. The van der Waals surface area contributed by atoms with Crippen molar-refractivity contribution in [1.29, 1.82) is 0 Å². The summed E-state index contributed by atoms with van der Waals surface area (Å²) in [6.45, 7) is 18.7. The van der Waals surface area contributed by atoms with Gasteiger partial charge in [-0.3, -0.25) is 4.79 Å². The molecule has 0 unspecified atom stereocenters. The van der Waals surface area contributed by atoms with Gasteiger partial charge in [-0.2, -0.15) is 0 Å². The molecule has 1 aromatic heterocycles. The first kappa shape index (κ1) is 26.2. The van der Waals surface area contributed by atoms with Crippen molar-refractivity contribution in [3.63, 3.8) is 0 Å². The molecule has 3 rings (SSSR count). The molecule has 10 nitrogen and oxygen atoms in total. The predicted octanol–water partition coefficient (Wildman–Crippen LogP) is 1.73. The molecule has 34 heavy (non-hydrogen) atoms. The molecular formula is C23H38BN5O5. The van der Waals surface area contributed by atoms with E-state index in [-0.39, 0.29) is 11.9 Å². The number of alkyl carbamates (subject to hydrolysis) is 1. The summed E-state index contributed by atoms with van der Waals surface area (Å²) < 4.78 is 17.4. The van der Waals surface area contributed by atoms with Crippen LogP contribution in [0.15, 0.2) is 12.4 Å². The Morgan fingerprint density at radius 1 is 1.15 bits per heavy atom. The standard InChI is InChI=1S/C23H38BN5O5/c1-15-14-28(10-11-29(15)18(30)16(2)27-20(31)32-21(3,4)5)19-25-12-17(13-26-19)24-33-22(6,7)23(8,9)34-24/h12-13,15-16H,10-11,14H2,1-9H3,(H,27,31)/t15-,16+/m1/s1. The molecule has 3 heterocycles. The van der Waals surface area contributed by atoms with Gasteiger partial charge in [0.05, 0.1) is 11.2 Å². The number of hydrogen-bond acceptors (Lipinski definition) is 8. The third-order valence-electron chi connectivity index (χ3n) is 6.48. The van der Waals surface area contributed by atoms with Gasteiger partial charge >= 0.3 is 13.2 Å². The highest BCUT2D eigenvalue weighted by atomic mass is 16.7. The number of carbonyl (C=O) groups is 2. The molecule has 0 aliphatic carbocycles. The second-order valence-corrected chi connectivity index (χ2v) is 11.1. The SMILES string of the molecule is C[C@H](NC(=O)OC(C)(C)C)C(=O)N1CCN(c2ncc(B3OC(C)(C)C(C)(C)O3)cn2)C[C@H]1C. The monoisotopic (exact) mass is 475 g/mol. The lowest BCUT2D eigenvalue weighted by molar-refractivity contribution is -0.135. The van der Waals surface area contributed by atoms with Crippen molar-refractivity contribution in [2.24, 2.45) is 0 Å². The normalized spacial score (nSPS) is 23.0. The molecular weight excluding hydrogens is 437 g/mol. The fourth-order valence-corrected chi connectivity index (χ4v) is 3.86. The van der Waals surface area contributed by atoms with Gasteiger partial charge in [-0.1, -0.05) is 0 Å². The van der Waals surface area contributed by atoms with Crippen LogP contribution in [0.3, 0.4) is 0 Å². The second kappa shape index (κ2) is 9.33. The Bertz CT molecular complexity index is 886. The van der Waals surface area contributed by atoms with E-state index >= 15 is 0 Å². The van der Waals surface area contributed by atoms with Crippen molar-refractivity contribution in [3.8, 4) is 0 Å². The van der Waals surface area contributed by atoms with Gasteiger partial charge in [0.1, 0.15) is 11.6 Å². The van der Waals surface area contributed by atoms with E-state index in [9.17, 15) is 9.59 Å². The van der Waals surface area contributed by atoms with Crippen LogP contribution in [-0.2, 0) is 18.8 Å². The minimum atomic E-state index is -0.681. The average molecular weight is 475 g/mol. The Kier molecular flexibility index (Phi) is 7.20. The first-order valence-corrected chi connectivity index (χ1v) is 11.8. The zero-order valence-electron chi connectivity index (χ0n) is 21.8. The third kappa shape index (κ3) is 5.80. The molecule has 0 aromatic carbocycles.